The highest BCUT2D eigenvalue weighted by atomic mass is 16.4. The molecule has 0 spiro atoms. The van der Waals surface area contributed by atoms with Crippen molar-refractivity contribution in [2.45, 2.75) is 38.6 Å². The van der Waals surface area contributed by atoms with Crippen molar-refractivity contribution in [3.05, 3.63) is 29.3 Å². The van der Waals surface area contributed by atoms with Crippen molar-refractivity contribution < 1.29 is 14.7 Å². The summed E-state index contributed by atoms with van der Waals surface area (Å²) in [7, 11) is 0. The molecule has 2 rings (SSSR count). The average molecular weight is 276 g/mol. The summed E-state index contributed by atoms with van der Waals surface area (Å²) >= 11 is 0. The fraction of sp³-hybridized carbons (Fsp3) is 0.467. The molecule has 5 heteroatoms. The molecule has 0 radical (unpaired) electrons. The summed E-state index contributed by atoms with van der Waals surface area (Å²) in [5, 5.41) is 12.4. The molecule has 1 aromatic carbocycles. The van der Waals surface area contributed by atoms with Gasteiger partial charge in [0.05, 0.1) is 5.92 Å². The van der Waals surface area contributed by atoms with Gasteiger partial charge in [0.2, 0.25) is 5.91 Å². The summed E-state index contributed by atoms with van der Waals surface area (Å²) in [5.74, 6) is -1.35. The zero-order chi connectivity index (χ0) is 14.7. The van der Waals surface area contributed by atoms with Gasteiger partial charge in [-0.15, -0.1) is 0 Å². The fourth-order valence-corrected chi connectivity index (χ4v) is 2.73. The molecule has 0 heterocycles. The van der Waals surface area contributed by atoms with Crippen molar-refractivity contribution in [3.8, 4) is 0 Å². The number of carboxylic acids is 1. The first kappa shape index (κ1) is 14.4. The first-order valence-electron chi connectivity index (χ1n) is 6.86. The molecule has 1 saturated carbocycles. The molecular weight excluding hydrogens is 256 g/mol. The number of benzene rings is 1. The van der Waals surface area contributed by atoms with Crippen LogP contribution in [0.1, 0.15) is 41.6 Å². The monoisotopic (exact) mass is 276 g/mol. The molecule has 4 N–H and O–H groups in total. The molecular formula is C15H20N2O3. The minimum absolute atomic E-state index is 0.216. The predicted molar refractivity (Wildman–Crippen MR) is 76.7 cm³/mol. The topological polar surface area (TPSA) is 92.4 Å². The minimum atomic E-state index is -0.699. The van der Waals surface area contributed by atoms with Gasteiger partial charge in [-0.05, 0) is 56.4 Å². The van der Waals surface area contributed by atoms with Crippen LogP contribution in [-0.2, 0) is 4.79 Å². The summed E-state index contributed by atoms with van der Waals surface area (Å²) < 4.78 is 0. The van der Waals surface area contributed by atoms with E-state index in [1.165, 1.54) is 0 Å². The van der Waals surface area contributed by atoms with Crippen LogP contribution in [0.25, 0.3) is 0 Å². The highest BCUT2D eigenvalue weighted by Crippen LogP contribution is 2.27. The summed E-state index contributed by atoms with van der Waals surface area (Å²) in [6.45, 7) is 1.92. The van der Waals surface area contributed by atoms with E-state index in [-0.39, 0.29) is 12.0 Å². The number of aliphatic carboxylic acids is 1. The number of primary amides is 1. The van der Waals surface area contributed by atoms with E-state index >= 15 is 0 Å². The van der Waals surface area contributed by atoms with Gasteiger partial charge in [0.1, 0.15) is 0 Å². The van der Waals surface area contributed by atoms with E-state index in [0.29, 0.717) is 18.4 Å². The molecule has 0 bridgehead atoms. The lowest BCUT2D eigenvalue weighted by atomic mass is 9.86. The normalized spacial score (nSPS) is 22.2. The molecule has 108 valence electrons. The van der Waals surface area contributed by atoms with Gasteiger partial charge < -0.3 is 16.2 Å². The number of anilines is 1. The Labute approximate surface area is 118 Å². The molecule has 20 heavy (non-hydrogen) atoms. The highest BCUT2D eigenvalue weighted by molar-refractivity contribution is 5.94. The Hall–Kier alpha value is -2.04. The lowest BCUT2D eigenvalue weighted by Gasteiger charge is -2.27. The number of amides is 1. The van der Waals surface area contributed by atoms with E-state index in [1.807, 2.05) is 13.0 Å². The molecule has 1 fully saturated rings. The third-order valence-corrected chi connectivity index (χ3v) is 3.81. The summed E-state index contributed by atoms with van der Waals surface area (Å²) in [6, 6.07) is 5.73. The van der Waals surface area contributed by atoms with Crippen molar-refractivity contribution in [2.75, 3.05) is 5.32 Å². The first-order chi connectivity index (χ1) is 9.45. The molecule has 1 aliphatic carbocycles. The Morgan fingerprint density at radius 3 is 2.40 bits per heavy atom. The first-order valence-corrected chi connectivity index (χ1v) is 6.86. The number of carboxylic acid groups (broad SMARTS) is 1. The standard InChI is InChI=1S/C15H20N2O3/c1-9-6-11(14(16)18)8-13(7-9)17-12-4-2-10(3-5-12)15(19)20/h6-8,10,12,17H,2-5H2,1H3,(H2,16,18)(H,19,20). The van der Waals surface area contributed by atoms with Crippen LogP contribution in [0.3, 0.4) is 0 Å². The molecule has 5 nitrogen and oxygen atoms in total. The Balaban J connectivity index is 2.01. The molecule has 1 aliphatic rings. The second-order valence-electron chi connectivity index (χ2n) is 5.48. The van der Waals surface area contributed by atoms with Crippen molar-refractivity contribution in [3.63, 3.8) is 0 Å². The number of hydrogen-bond donors (Lipinski definition) is 3. The molecule has 0 unspecified atom stereocenters. The molecule has 0 atom stereocenters. The average Bonchev–Trinajstić information content (AvgIpc) is 2.38. The van der Waals surface area contributed by atoms with Crippen LogP contribution < -0.4 is 11.1 Å². The number of rotatable bonds is 4. The largest absolute Gasteiger partial charge is 0.481 e. The Kier molecular flexibility index (Phi) is 4.27. The van der Waals surface area contributed by atoms with Crippen LogP contribution in [-0.4, -0.2) is 23.0 Å². The third kappa shape index (κ3) is 3.50. The number of carbonyl (C=O) groups is 2. The summed E-state index contributed by atoms with van der Waals surface area (Å²) in [4.78, 5) is 22.2. The second kappa shape index (κ2) is 5.94. The van der Waals surface area contributed by atoms with Crippen molar-refractivity contribution in [2.24, 2.45) is 11.7 Å². The van der Waals surface area contributed by atoms with Crippen LogP contribution in [0.2, 0.25) is 0 Å². The van der Waals surface area contributed by atoms with Crippen molar-refractivity contribution in [1.82, 2.24) is 0 Å². The Morgan fingerprint density at radius 2 is 1.85 bits per heavy atom. The smallest absolute Gasteiger partial charge is 0.306 e. The fourth-order valence-electron chi connectivity index (χ4n) is 2.73. The maximum absolute atomic E-state index is 11.2. The van der Waals surface area contributed by atoms with Gasteiger partial charge in [-0.25, -0.2) is 0 Å². The Bertz CT molecular complexity index is 520. The van der Waals surface area contributed by atoms with E-state index < -0.39 is 11.9 Å². The van der Waals surface area contributed by atoms with Gasteiger partial charge in [0.15, 0.2) is 0 Å². The van der Waals surface area contributed by atoms with Crippen LogP contribution >= 0.6 is 0 Å². The zero-order valence-electron chi connectivity index (χ0n) is 11.6. The third-order valence-electron chi connectivity index (χ3n) is 3.81. The van der Waals surface area contributed by atoms with E-state index in [0.717, 1.165) is 24.1 Å². The lowest BCUT2D eigenvalue weighted by Crippen LogP contribution is -2.29. The van der Waals surface area contributed by atoms with Gasteiger partial charge in [-0.2, -0.15) is 0 Å². The van der Waals surface area contributed by atoms with Crippen LogP contribution in [0.4, 0.5) is 5.69 Å². The number of carbonyl (C=O) groups excluding carboxylic acids is 1. The maximum atomic E-state index is 11.2. The van der Waals surface area contributed by atoms with Gasteiger partial charge in [-0.3, -0.25) is 9.59 Å². The minimum Gasteiger partial charge on any atom is -0.481 e. The lowest BCUT2D eigenvalue weighted by molar-refractivity contribution is -0.142. The van der Waals surface area contributed by atoms with E-state index in [2.05, 4.69) is 5.32 Å². The Morgan fingerprint density at radius 1 is 1.20 bits per heavy atom. The number of hydrogen-bond acceptors (Lipinski definition) is 3. The summed E-state index contributed by atoms with van der Waals surface area (Å²) in [5.41, 5.74) is 7.64. The SMILES string of the molecule is Cc1cc(NC2CCC(C(=O)O)CC2)cc(C(N)=O)c1. The van der Waals surface area contributed by atoms with Crippen molar-refractivity contribution >= 4 is 17.6 Å². The predicted octanol–water partition coefficient (Wildman–Crippen LogP) is 2.15. The van der Waals surface area contributed by atoms with Gasteiger partial charge in [0, 0.05) is 17.3 Å². The van der Waals surface area contributed by atoms with E-state index in [4.69, 9.17) is 10.8 Å². The molecule has 0 aromatic heterocycles. The number of nitrogens with one attached hydrogen (secondary N) is 1. The summed E-state index contributed by atoms with van der Waals surface area (Å²) in [6.07, 6.45) is 3.05. The molecule has 0 aliphatic heterocycles. The van der Waals surface area contributed by atoms with Crippen LogP contribution in [0.5, 0.6) is 0 Å². The maximum Gasteiger partial charge on any atom is 0.306 e. The van der Waals surface area contributed by atoms with Crippen LogP contribution in [0, 0.1) is 12.8 Å². The number of aryl methyl sites for hydroxylation is 1. The van der Waals surface area contributed by atoms with Gasteiger partial charge in [-0.1, -0.05) is 0 Å². The van der Waals surface area contributed by atoms with Crippen LogP contribution in [0.15, 0.2) is 18.2 Å². The highest BCUT2D eigenvalue weighted by Gasteiger charge is 2.25. The van der Waals surface area contributed by atoms with Crippen molar-refractivity contribution in [1.29, 1.82) is 0 Å². The van der Waals surface area contributed by atoms with Gasteiger partial charge in [0.25, 0.3) is 0 Å². The molecule has 0 saturated heterocycles. The van der Waals surface area contributed by atoms with E-state index in [9.17, 15) is 9.59 Å². The van der Waals surface area contributed by atoms with E-state index in [1.54, 1.807) is 12.1 Å². The quantitative estimate of drug-likeness (QED) is 0.785. The molecule has 1 amide bonds. The van der Waals surface area contributed by atoms with Gasteiger partial charge >= 0.3 is 5.97 Å². The second-order valence-corrected chi connectivity index (χ2v) is 5.48. The number of nitrogens with two attached hydrogens (primary N) is 1. The molecule has 1 aromatic rings. The zero-order valence-corrected chi connectivity index (χ0v) is 11.6.